The zero-order chi connectivity index (χ0) is 23.8. The molecule has 0 radical (unpaired) electrons. The number of ether oxygens (including phenoxy) is 1. The third-order valence-corrected chi connectivity index (χ3v) is 4.64. The third-order valence-electron chi connectivity index (χ3n) is 4.64. The zero-order valence-corrected chi connectivity index (χ0v) is 19.4. The van der Waals surface area contributed by atoms with Crippen molar-refractivity contribution in [3.8, 4) is 0 Å². The minimum Gasteiger partial charge on any atom is -0.459 e. The number of esters is 1. The fourth-order valence-electron chi connectivity index (χ4n) is 2.70. The van der Waals surface area contributed by atoms with Gasteiger partial charge in [0.2, 0.25) is 0 Å². The van der Waals surface area contributed by atoms with Crippen LogP contribution in [0.4, 0.5) is 0 Å². The van der Waals surface area contributed by atoms with Gasteiger partial charge in [-0.1, -0.05) is 24.3 Å². The number of nitrogens with one attached hydrogen (secondary N) is 2. The first-order chi connectivity index (χ1) is 14.4. The summed E-state index contributed by atoms with van der Waals surface area (Å²) >= 11 is 0. The van der Waals surface area contributed by atoms with Gasteiger partial charge in [0.05, 0.1) is 0 Å². The summed E-state index contributed by atoms with van der Waals surface area (Å²) in [5.41, 5.74) is 6.83. The molecule has 0 unspecified atom stereocenters. The minimum absolute atomic E-state index is 0.122. The van der Waals surface area contributed by atoms with Crippen LogP contribution in [0.1, 0.15) is 63.7 Å². The summed E-state index contributed by atoms with van der Waals surface area (Å²) in [5.74, 6) is 4.09. The van der Waals surface area contributed by atoms with Gasteiger partial charge < -0.3 is 10.1 Å². The van der Waals surface area contributed by atoms with Crippen molar-refractivity contribution in [1.29, 1.82) is 0 Å². The Labute approximate surface area is 184 Å². The summed E-state index contributed by atoms with van der Waals surface area (Å²) in [4.78, 5) is 34.6. The van der Waals surface area contributed by atoms with Crippen LogP contribution in [0, 0.1) is 27.7 Å². The topological polar surface area (TPSA) is 111 Å². The molecular formula is C24H33N3O4. The van der Waals surface area contributed by atoms with Gasteiger partial charge in [0.25, 0.3) is 11.8 Å². The van der Waals surface area contributed by atoms with Crippen molar-refractivity contribution >= 4 is 17.8 Å². The van der Waals surface area contributed by atoms with E-state index in [1.165, 1.54) is 0 Å². The van der Waals surface area contributed by atoms with Gasteiger partial charge in [-0.05, 0) is 82.9 Å². The van der Waals surface area contributed by atoms with E-state index in [1.54, 1.807) is 32.9 Å². The molecule has 2 aromatic rings. The Morgan fingerprint density at radius 1 is 0.839 bits per heavy atom. The van der Waals surface area contributed by atoms with E-state index in [1.807, 2.05) is 52.0 Å². The summed E-state index contributed by atoms with van der Waals surface area (Å²) < 4.78 is 5.12. The number of hydrogen-bond donors (Lipinski definition) is 3. The van der Waals surface area contributed by atoms with Crippen LogP contribution in [0.3, 0.4) is 0 Å². The number of amides is 2. The van der Waals surface area contributed by atoms with Crippen LogP contribution >= 0.6 is 0 Å². The fourth-order valence-corrected chi connectivity index (χ4v) is 2.70. The molecule has 0 heterocycles. The molecular weight excluding hydrogens is 394 g/mol. The molecule has 4 N–H and O–H groups in total. The lowest BCUT2D eigenvalue weighted by Gasteiger charge is -2.19. The summed E-state index contributed by atoms with van der Waals surface area (Å²) in [6.07, 6.45) is 0. The predicted octanol–water partition coefficient (Wildman–Crippen LogP) is 3.28. The molecule has 0 aliphatic heterocycles. The van der Waals surface area contributed by atoms with Crippen molar-refractivity contribution in [1.82, 2.24) is 10.7 Å². The molecule has 0 saturated heterocycles. The number of aryl methyl sites for hydroxylation is 2. The van der Waals surface area contributed by atoms with E-state index in [-0.39, 0.29) is 18.4 Å². The smallest absolute Gasteiger partial charge is 0.325 e. The van der Waals surface area contributed by atoms with Gasteiger partial charge in [-0.3, -0.25) is 19.8 Å². The van der Waals surface area contributed by atoms with E-state index in [2.05, 4.69) is 10.7 Å². The number of nitrogens with two attached hydrogens (primary N) is 1. The summed E-state index contributed by atoms with van der Waals surface area (Å²) in [6, 6.07) is 11.1. The second kappa shape index (κ2) is 11.3. The van der Waals surface area contributed by atoms with Gasteiger partial charge >= 0.3 is 5.97 Å². The Hall–Kier alpha value is -3.19. The van der Waals surface area contributed by atoms with Gasteiger partial charge in [0.15, 0.2) is 0 Å². The van der Waals surface area contributed by atoms with E-state index in [0.717, 1.165) is 22.3 Å². The first-order valence-electron chi connectivity index (χ1n) is 10.0. The van der Waals surface area contributed by atoms with E-state index >= 15 is 0 Å². The van der Waals surface area contributed by atoms with E-state index < -0.39 is 11.6 Å². The highest BCUT2D eigenvalue weighted by molar-refractivity contribution is 5.97. The van der Waals surface area contributed by atoms with E-state index in [0.29, 0.717) is 11.1 Å². The molecule has 31 heavy (non-hydrogen) atoms. The average Bonchev–Trinajstić information content (AvgIpc) is 2.69. The van der Waals surface area contributed by atoms with Gasteiger partial charge in [0.1, 0.15) is 12.1 Å². The minimum atomic E-state index is -0.541. The Bertz CT molecular complexity index is 946. The van der Waals surface area contributed by atoms with Crippen LogP contribution in [0.2, 0.25) is 0 Å². The summed E-state index contributed by atoms with van der Waals surface area (Å²) in [6.45, 7) is 12.9. The molecule has 7 heteroatoms. The van der Waals surface area contributed by atoms with E-state index in [4.69, 9.17) is 10.6 Å². The lowest BCUT2D eigenvalue weighted by molar-refractivity contribution is -0.153. The van der Waals surface area contributed by atoms with Crippen molar-refractivity contribution in [2.24, 2.45) is 5.84 Å². The number of hydrogen-bond acceptors (Lipinski definition) is 5. The molecule has 2 aromatic carbocycles. The highest BCUT2D eigenvalue weighted by Gasteiger charge is 2.17. The maximum Gasteiger partial charge on any atom is 0.325 e. The Morgan fingerprint density at radius 2 is 1.29 bits per heavy atom. The lowest BCUT2D eigenvalue weighted by Crippen LogP contribution is -2.34. The number of carbonyl (C=O) groups is 3. The van der Waals surface area contributed by atoms with Crippen LogP contribution in [-0.2, 0) is 9.53 Å². The Morgan fingerprint density at radius 3 is 1.71 bits per heavy atom. The van der Waals surface area contributed by atoms with Gasteiger partial charge in [-0.15, -0.1) is 0 Å². The van der Waals surface area contributed by atoms with Crippen LogP contribution in [0.25, 0.3) is 0 Å². The molecule has 168 valence electrons. The van der Waals surface area contributed by atoms with Crippen molar-refractivity contribution in [3.05, 3.63) is 69.8 Å². The average molecular weight is 428 g/mol. The number of hydrazine groups is 1. The first-order valence-corrected chi connectivity index (χ1v) is 10.0. The van der Waals surface area contributed by atoms with Crippen LogP contribution in [0.5, 0.6) is 0 Å². The van der Waals surface area contributed by atoms with Gasteiger partial charge in [0, 0.05) is 11.1 Å². The largest absolute Gasteiger partial charge is 0.459 e. The lowest BCUT2D eigenvalue weighted by atomic mass is 10.0. The molecule has 0 atom stereocenters. The maximum atomic E-state index is 12.0. The highest BCUT2D eigenvalue weighted by Crippen LogP contribution is 2.13. The summed E-state index contributed by atoms with van der Waals surface area (Å²) in [5, 5.41) is 2.58. The molecule has 0 aliphatic carbocycles. The monoisotopic (exact) mass is 427 g/mol. The molecule has 0 spiro atoms. The normalized spacial score (nSPS) is 10.5. The quantitative estimate of drug-likeness (QED) is 0.300. The molecule has 2 amide bonds. The van der Waals surface area contributed by atoms with Crippen LogP contribution < -0.4 is 16.6 Å². The number of benzene rings is 2. The number of nitrogen functional groups attached to an aromatic ring is 1. The second-order valence-corrected chi connectivity index (χ2v) is 8.24. The molecule has 0 aliphatic rings. The molecule has 7 nitrogen and oxygen atoms in total. The first kappa shape index (κ1) is 25.8. The van der Waals surface area contributed by atoms with Gasteiger partial charge in [-0.2, -0.15) is 0 Å². The molecule has 0 saturated carbocycles. The predicted molar refractivity (Wildman–Crippen MR) is 122 cm³/mol. The summed E-state index contributed by atoms with van der Waals surface area (Å²) in [7, 11) is 0. The van der Waals surface area contributed by atoms with Crippen molar-refractivity contribution in [2.45, 2.75) is 54.1 Å². The Balaban J connectivity index is 0.000000343. The fraction of sp³-hybridized carbons (Fsp3) is 0.375. The van der Waals surface area contributed by atoms with Gasteiger partial charge in [-0.25, -0.2) is 5.84 Å². The SMILES string of the molecule is Cc1cccc(C(=O)NCC(=O)OC(C)(C)C)c1C.Cc1cccc(C(=O)NN)c1C. The molecule has 0 bridgehead atoms. The third kappa shape index (κ3) is 8.22. The zero-order valence-electron chi connectivity index (χ0n) is 19.4. The molecule has 2 rings (SSSR count). The Kier molecular flexibility index (Phi) is 9.40. The second-order valence-electron chi connectivity index (χ2n) is 8.24. The highest BCUT2D eigenvalue weighted by atomic mass is 16.6. The van der Waals surface area contributed by atoms with Crippen LogP contribution in [-0.4, -0.2) is 29.9 Å². The van der Waals surface area contributed by atoms with E-state index in [9.17, 15) is 14.4 Å². The maximum absolute atomic E-state index is 12.0. The number of carbonyl (C=O) groups excluding carboxylic acids is 3. The number of rotatable bonds is 4. The standard InChI is InChI=1S/C15H21NO3.C9H12N2O/c1-10-7-6-8-12(11(10)2)14(18)16-9-13(17)19-15(3,4)5;1-6-4-3-5-8(7(6)2)9(12)11-10/h6-8H,9H2,1-5H3,(H,16,18);3-5H,10H2,1-2H3,(H,11,12). The van der Waals surface area contributed by atoms with Crippen molar-refractivity contribution < 1.29 is 19.1 Å². The van der Waals surface area contributed by atoms with Crippen molar-refractivity contribution in [2.75, 3.05) is 6.54 Å². The molecule has 0 fully saturated rings. The van der Waals surface area contributed by atoms with Crippen LogP contribution in [0.15, 0.2) is 36.4 Å². The van der Waals surface area contributed by atoms with Crippen molar-refractivity contribution in [3.63, 3.8) is 0 Å². The molecule has 0 aromatic heterocycles.